The second-order valence-corrected chi connectivity index (χ2v) is 7.31. The number of hydrogen-bond donors (Lipinski definition) is 1. The monoisotopic (exact) mass is 329 g/mol. The van der Waals surface area contributed by atoms with E-state index in [9.17, 15) is 14.7 Å². The van der Waals surface area contributed by atoms with E-state index in [4.69, 9.17) is 0 Å². The Morgan fingerprint density at radius 3 is 2.29 bits per heavy atom. The molecule has 2 fully saturated rings. The van der Waals surface area contributed by atoms with Crippen LogP contribution in [0.1, 0.15) is 52.4 Å². The van der Waals surface area contributed by atoms with Crippen molar-refractivity contribution in [3.05, 3.63) is 24.3 Å². The van der Waals surface area contributed by atoms with Gasteiger partial charge in [-0.25, -0.2) is 0 Å². The summed E-state index contributed by atoms with van der Waals surface area (Å²) in [6.07, 6.45) is 7.09. The van der Waals surface area contributed by atoms with Gasteiger partial charge in [-0.3, -0.25) is 14.5 Å². The van der Waals surface area contributed by atoms with Crippen LogP contribution in [0.3, 0.4) is 0 Å². The van der Waals surface area contributed by atoms with Crippen molar-refractivity contribution < 1.29 is 14.7 Å². The molecular weight excluding hydrogens is 302 g/mol. The number of carbonyl (C=O) groups is 2. The maximum Gasteiger partial charge on any atom is 0.237 e. The van der Waals surface area contributed by atoms with Gasteiger partial charge in [0.05, 0.1) is 11.6 Å². The van der Waals surface area contributed by atoms with Crippen LogP contribution in [0.15, 0.2) is 24.3 Å². The molecule has 4 heteroatoms. The second kappa shape index (κ2) is 6.96. The SMILES string of the molecule is CCC(C1CCCCC1)C1C(=O)N(c2ccc(O)cc2)C(=O)C1C. The molecule has 1 aromatic carbocycles. The molecule has 0 radical (unpaired) electrons. The van der Waals surface area contributed by atoms with Gasteiger partial charge in [0.15, 0.2) is 0 Å². The van der Waals surface area contributed by atoms with E-state index in [-0.39, 0.29) is 29.4 Å². The number of hydrogen-bond acceptors (Lipinski definition) is 3. The van der Waals surface area contributed by atoms with Crippen LogP contribution in [0.5, 0.6) is 5.75 Å². The third kappa shape index (κ3) is 2.94. The van der Waals surface area contributed by atoms with Crippen LogP contribution < -0.4 is 4.90 Å². The van der Waals surface area contributed by atoms with Crippen molar-refractivity contribution in [2.75, 3.05) is 4.90 Å². The number of imide groups is 1. The number of nitrogens with zero attached hydrogens (tertiary/aromatic N) is 1. The van der Waals surface area contributed by atoms with E-state index in [1.54, 1.807) is 12.1 Å². The third-order valence-corrected chi connectivity index (χ3v) is 5.95. The van der Waals surface area contributed by atoms with Crippen LogP contribution in [0.2, 0.25) is 0 Å². The van der Waals surface area contributed by atoms with E-state index in [0.29, 0.717) is 17.5 Å². The van der Waals surface area contributed by atoms with Crippen LogP contribution in [0, 0.1) is 23.7 Å². The first-order valence-corrected chi connectivity index (χ1v) is 9.21. The number of benzene rings is 1. The first kappa shape index (κ1) is 17.0. The quantitative estimate of drug-likeness (QED) is 0.845. The molecule has 1 aliphatic carbocycles. The van der Waals surface area contributed by atoms with E-state index < -0.39 is 0 Å². The Morgan fingerprint density at radius 2 is 1.71 bits per heavy atom. The summed E-state index contributed by atoms with van der Waals surface area (Å²) in [5.74, 6) is 0.348. The summed E-state index contributed by atoms with van der Waals surface area (Å²) in [4.78, 5) is 27.2. The van der Waals surface area contributed by atoms with E-state index in [1.807, 2.05) is 6.92 Å². The van der Waals surface area contributed by atoms with Gasteiger partial charge >= 0.3 is 0 Å². The van der Waals surface area contributed by atoms with Gasteiger partial charge in [-0.15, -0.1) is 0 Å². The molecule has 0 spiro atoms. The highest BCUT2D eigenvalue weighted by atomic mass is 16.3. The van der Waals surface area contributed by atoms with Crippen LogP contribution in [-0.4, -0.2) is 16.9 Å². The van der Waals surface area contributed by atoms with Gasteiger partial charge in [-0.1, -0.05) is 52.4 Å². The molecule has 1 N–H and O–H groups in total. The lowest BCUT2D eigenvalue weighted by Gasteiger charge is -2.33. The molecule has 130 valence electrons. The van der Waals surface area contributed by atoms with Gasteiger partial charge in [0.2, 0.25) is 11.8 Å². The molecule has 0 bridgehead atoms. The average Bonchev–Trinajstić information content (AvgIpc) is 2.81. The molecule has 1 aliphatic heterocycles. The van der Waals surface area contributed by atoms with Crippen LogP contribution in [-0.2, 0) is 9.59 Å². The summed E-state index contributed by atoms with van der Waals surface area (Å²) in [7, 11) is 0. The summed E-state index contributed by atoms with van der Waals surface area (Å²) in [5.41, 5.74) is 0.565. The summed E-state index contributed by atoms with van der Waals surface area (Å²) < 4.78 is 0. The molecule has 3 rings (SSSR count). The predicted molar refractivity (Wildman–Crippen MR) is 93.6 cm³/mol. The zero-order chi connectivity index (χ0) is 17.3. The first-order valence-electron chi connectivity index (χ1n) is 9.21. The van der Waals surface area contributed by atoms with Crippen molar-refractivity contribution in [1.82, 2.24) is 0 Å². The lowest BCUT2D eigenvalue weighted by Crippen LogP contribution is -2.34. The Balaban J connectivity index is 1.87. The summed E-state index contributed by atoms with van der Waals surface area (Å²) in [6, 6.07) is 6.32. The fourth-order valence-electron chi connectivity index (χ4n) is 4.68. The number of rotatable bonds is 4. The first-order chi connectivity index (χ1) is 11.5. The molecule has 1 saturated heterocycles. The highest BCUT2D eigenvalue weighted by Gasteiger charge is 2.50. The van der Waals surface area contributed by atoms with Crippen LogP contribution in [0.25, 0.3) is 0 Å². The highest BCUT2D eigenvalue weighted by Crippen LogP contribution is 2.43. The molecule has 1 heterocycles. The number of carbonyl (C=O) groups excluding carboxylic acids is 2. The Morgan fingerprint density at radius 1 is 1.08 bits per heavy atom. The van der Waals surface area contributed by atoms with Crippen molar-refractivity contribution in [2.24, 2.45) is 23.7 Å². The van der Waals surface area contributed by atoms with E-state index >= 15 is 0 Å². The number of aromatic hydroxyl groups is 1. The van der Waals surface area contributed by atoms with Crippen molar-refractivity contribution >= 4 is 17.5 Å². The molecule has 24 heavy (non-hydrogen) atoms. The second-order valence-electron chi connectivity index (χ2n) is 7.31. The topological polar surface area (TPSA) is 57.6 Å². The normalized spacial score (nSPS) is 26.8. The molecule has 3 atom stereocenters. The molecular formula is C20H27NO3. The summed E-state index contributed by atoms with van der Waals surface area (Å²) >= 11 is 0. The summed E-state index contributed by atoms with van der Waals surface area (Å²) in [5, 5.41) is 9.44. The number of amides is 2. The number of phenolic OH excluding ortho intramolecular Hbond substituents is 1. The standard InChI is InChI=1S/C20H27NO3/c1-3-17(14-7-5-4-6-8-14)18-13(2)19(23)21(20(18)24)15-9-11-16(22)12-10-15/h9-14,17-18,22H,3-8H2,1-2H3. The Hall–Kier alpha value is -1.84. The van der Waals surface area contributed by atoms with Crippen molar-refractivity contribution in [3.63, 3.8) is 0 Å². The van der Waals surface area contributed by atoms with Gasteiger partial charge in [-0.2, -0.15) is 0 Å². The Labute approximate surface area is 143 Å². The van der Waals surface area contributed by atoms with Gasteiger partial charge in [0.25, 0.3) is 0 Å². The maximum atomic E-state index is 13.1. The molecule has 3 unspecified atom stereocenters. The summed E-state index contributed by atoms with van der Waals surface area (Å²) in [6.45, 7) is 4.05. The van der Waals surface area contributed by atoms with Crippen molar-refractivity contribution in [2.45, 2.75) is 52.4 Å². The Bertz CT molecular complexity index is 604. The number of phenols is 1. The third-order valence-electron chi connectivity index (χ3n) is 5.95. The van der Waals surface area contributed by atoms with Gasteiger partial charge in [0.1, 0.15) is 5.75 Å². The molecule has 2 amide bonds. The minimum absolute atomic E-state index is 0.0596. The van der Waals surface area contributed by atoms with Gasteiger partial charge in [-0.05, 0) is 36.1 Å². The molecule has 1 aromatic rings. The lowest BCUT2D eigenvalue weighted by atomic mass is 9.70. The average molecular weight is 329 g/mol. The van der Waals surface area contributed by atoms with Gasteiger partial charge < -0.3 is 5.11 Å². The highest BCUT2D eigenvalue weighted by molar-refractivity contribution is 6.22. The van der Waals surface area contributed by atoms with E-state index in [1.165, 1.54) is 49.1 Å². The van der Waals surface area contributed by atoms with E-state index in [2.05, 4.69) is 6.92 Å². The maximum absolute atomic E-state index is 13.1. The fourth-order valence-corrected chi connectivity index (χ4v) is 4.68. The Kier molecular flexibility index (Phi) is 4.93. The van der Waals surface area contributed by atoms with Crippen molar-refractivity contribution in [3.8, 4) is 5.75 Å². The van der Waals surface area contributed by atoms with Crippen LogP contribution in [0.4, 0.5) is 5.69 Å². The van der Waals surface area contributed by atoms with Crippen LogP contribution >= 0.6 is 0 Å². The van der Waals surface area contributed by atoms with E-state index in [0.717, 1.165) is 6.42 Å². The van der Waals surface area contributed by atoms with Crippen molar-refractivity contribution in [1.29, 1.82) is 0 Å². The minimum atomic E-state index is -0.266. The largest absolute Gasteiger partial charge is 0.508 e. The molecule has 1 saturated carbocycles. The zero-order valence-corrected chi connectivity index (χ0v) is 14.6. The molecule has 0 aromatic heterocycles. The predicted octanol–water partition coefficient (Wildman–Crippen LogP) is 4.12. The fraction of sp³-hybridized carbons (Fsp3) is 0.600. The zero-order valence-electron chi connectivity index (χ0n) is 14.6. The lowest BCUT2D eigenvalue weighted by molar-refractivity contribution is -0.123. The van der Waals surface area contributed by atoms with Gasteiger partial charge in [0, 0.05) is 5.92 Å². The smallest absolute Gasteiger partial charge is 0.237 e. The number of anilines is 1. The molecule has 2 aliphatic rings. The molecule has 4 nitrogen and oxygen atoms in total. The minimum Gasteiger partial charge on any atom is -0.508 e.